The van der Waals surface area contributed by atoms with E-state index >= 15 is 0 Å². The lowest BCUT2D eigenvalue weighted by molar-refractivity contribution is -0.150. The number of carbonyl (C=O) groups is 1. The lowest BCUT2D eigenvalue weighted by Crippen LogP contribution is -2.54. The maximum atomic E-state index is 12.1. The van der Waals surface area contributed by atoms with E-state index in [0.29, 0.717) is 19.1 Å². The predicted molar refractivity (Wildman–Crippen MR) is 70.9 cm³/mol. The maximum Gasteiger partial charge on any atom is 0.326 e. The van der Waals surface area contributed by atoms with Gasteiger partial charge in [0.1, 0.15) is 5.54 Å². The molecule has 0 aromatic heterocycles. The smallest absolute Gasteiger partial charge is 0.326 e. The van der Waals surface area contributed by atoms with Crippen molar-refractivity contribution in [3.63, 3.8) is 0 Å². The minimum absolute atomic E-state index is 0.137. The van der Waals surface area contributed by atoms with Crippen molar-refractivity contribution in [2.24, 2.45) is 5.92 Å². The van der Waals surface area contributed by atoms with E-state index in [-0.39, 0.29) is 12.1 Å². The van der Waals surface area contributed by atoms with E-state index in [2.05, 4.69) is 5.32 Å². The van der Waals surface area contributed by atoms with Gasteiger partial charge in [-0.05, 0) is 38.6 Å². The van der Waals surface area contributed by atoms with Crippen LogP contribution in [0.15, 0.2) is 0 Å². The first-order valence-electron chi connectivity index (χ1n) is 7.19. The summed E-state index contributed by atoms with van der Waals surface area (Å²) in [6.45, 7) is 2.20. The second-order valence-corrected chi connectivity index (χ2v) is 5.45. The topological polar surface area (TPSA) is 56.8 Å². The molecule has 1 aliphatic carbocycles. The first-order valence-corrected chi connectivity index (χ1v) is 7.19. The Balaban J connectivity index is 1.85. The molecule has 0 aromatic carbocycles. The van der Waals surface area contributed by atoms with Gasteiger partial charge in [-0.25, -0.2) is 0 Å². The normalized spacial score (nSPS) is 34.6. The Morgan fingerprint density at radius 3 is 2.95 bits per heavy atom. The third-order valence-electron chi connectivity index (χ3n) is 4.52. The first-order chi connectivity index (χ1) is 9.23. The van der Waals surface area contributed by atoms with Gasteiger partial charge in [0.2, 0.25) is 0 Å². The molecule has 2 rings (SSSR count). The summed E-state index contributed by atoms with van der Waals surface area (Å²) < 4.78 is 16.1. The van der Waals surface area contributed by atoms with Crippen molar-refractivity contribution in [1.29, 1.82) is 0 Å². The number of carbonyl (C=O) groups excluding carboxylic acids is 1. The van der Waals surface area contributed by atoms with Gasteiger partial charge in [0, 0.05) is 13.2 Å². The summed E-state index contributed by atoms with van der Waals surface area (Å²) in [6.07, 6.45) is 5.09. The van der Waals surface area contributed by atoms with Crippen LogP contribution in [0.25, 0.3) is 0 Å². The SMILES string of the molecule is CNC1(C(=O)OC)CCCC1CCOC1CCOC1. The van der Waals surface area contributed by atoms with E-state index in [4.69, 9.17) is 14.2 Å². The van der Waals surface area contributed by atoms with E-state index in [1.54, 1.807) is 0 Å². The molecule has 5 heteroatoms. The highest BCUT2D eigenvalue weighted by Gasteiger charge is 2.48. The lowest BCUT2D eigenvalue weighted by atomic mass is 9.85. The molecular formula is C14H25NO4. The molecule has 0 amide bonds. The van der Waals surface area contributed by atoms with E-state index in [9.17, 15) is 4.79 Å². The molecule has 0 radical (unpaired) electrons. The minimum Gasteiger partial charge on any atom is -0.468 e. The summed E-state index contributed by atoms with van der Waals surface area (Å²) in [5.41, 5.74) is -0.510. The summed E-state index contributed by atoms with van der Waals surface area (Å²) in [5, 5.41) is 3.20. The van der Waals surface area contributed by atoms with Crippen LogP contribution in [0.2, 0.25) is 0 Å². The van der Waals surface area contributed by atoms with Gasteiger partial charge in [-0.1, -0.05) is 6.42 Å². The Morgan fingerprint density at radius 2 is 2.32 bits per heavy atom. The number of esters is 1. The molecular weight excluding hydrogens is 246 g/mol. The number of hydrogen-bond donors (Lipinski definition) is 1. The lowest BCUT2D eigenvalue weighted by Gasteiger charge is -2.32. The van der Waals surface area contributed by atoms with Crippen molar-refractivity contribution in [3.05, 3.63) is 0 Å². The van der Waals surface area contributed by atoms with Crippen LogP contribution in [0.4, 0.5) is 0 Å². The Kier molecular flexibility index (Phi) is 5.19. The average molecular weight is 271 g/mol. The molecule has 1 N–H and O–H groups in total. The van der Waals surface area contributed by atoms with Crippen LogP contribution < -0.4 is 5.32 Å². The molecule has 0 bridgehead atoms. The number of nitrogens with one attached hydrogen (secondary N) is 1. The molecule has 1 heterocycles. The van der Waals surface area contributed by atoms with Crippen molar-refractivity contribution in [2.45, 2.75) is 43.7 Å². The number of hydrogen-bond acceptors (Lipinski definition) is 5. The van der Waals surface area contributed by atoms with Gasteiger partial charge in [-0.2, -0.15) is 0 Å². The minimum atomic E-state index is -0.510. The van der Waals surface area contributed by atoms with Gasteiger partial charge >= 0.3 is 5.97 Å². The zero-order valence-electron chi connectivity index (χ0n) is 11.9. The monoisotopic (exact) mass is 271 g/mol. The summed E-state index contributed by atoms with van der Waals surface area (Å²) >= 11 is 0. The Labute approximate surface area is 115 Å². The van der Waals surface area contributed by atoms with Crippen LogP contribution in [0.5, 0.6) is 0 Å². The molecule has 0 spiro atoms. The van der Waals surface area contributed by atoms with Crippen LogP contribution in [0.3, 0.4) is 0 Å². The molecule has 1 aliphatic heterocycles. The molecule has 110 valence electrons. The molecule has 3 unspecified atom stereocenters. The van der Waals surface area contributed by atoms with Crippen LogP contribution in [-0.2, 0) is 19.0 Å². The standard InChI is InChI=1S/C14H25NO4/c1-15-14(13(16)17-2)7-3-4-11(14)5-9-19-12-6-8-18-10-12/h11-12,15H,3-10H2,1-2H3. The number of ether oxygens (including phenoxy) is 3. The summed E-state index contributed by atoms with van der Waals surface area (Å²) in [6, 6.07) is 0. The van der Waals surface area contributed by atoms with E-state index in [0.717, 1.165) is 38.7 Å². The highest BCUT2D eigenvalue weighted by Crippen LogP contribution is 2.38. The number of rotatable bonds is 6. The van der Waals surface area contributed by atoms with Crippen molar-refractivity contribution in [1.82, 2.24) is 5.32 Å². The second kappa shape index (κ2) is 6.68. The summed E-state index contributed by atoms with van der Waals surface area (Å²) in [4.78, 5) is 12.1. The van der Waals surface area contributed by atoms with Crippen LogP contribution in [-0.4, -0.2) is 51.6 Å². The number of likely N-dealkylation sites (N-methyl/N-ethyl adjacent to an activating group) is 1. The highest BCUT2D eigenvalue weighted by atomic mass is 16.5. The van der Waals surface area contributed by atoms with Gasteiger partial charge in [0.05, 0.1) is 19.8 Å². The predicted octanol–water partition coefficient (Wildman–Crippen LogP) is 1.11. The second-order valence-electron chi connectivity index (χ2n) is 5.45. The molecule has 19 heavy (non-hydrogen) atoms. The molecule has 3 atom stereocenters. The Morgan fingerprint density at radius 1 is 1.47 bits per heavy atom. The van der Waals surface area contributed by atoms with Crippen LogP contribution in [0.1, 0.15) is 32.1 Å². The fraction of sp³-hybridized carbons (Fsp3) is 0.929. The molecule has 2 fully saturated rings. The Hall–Kier alpha value is -0.650. The molecule has 1 saturated heterocycles. The highest BCUT2D eigenvalue weighted by molar-refractivity contribution is 5.81. The molecule has 2 aliphatic rings. The zero-order chi connectivity index (χ0) is 13.7. The summed E-state index contributed by atoms with van der Waals surface area (Å²) in [7, 11) is 3.31. The van der Waals surface area contributed by atoms with Gasteiger partial charge in [-0.15, -0.1) is 0 Å². The van der Waals surface area contributed by atoms with Gasteiger partial charge in [0.25, 0.3) is 0 Å². The Bertz CT molecular complexity index is 304. The summed E-state index contributed by atoms with van der Waals surface area (Å²) in [5.74, 6) is 0.161. The van der Waals surface area contributed by atoms with E-state index in [1.165, 1.54) is 7.11 Å². The average Bonchev–Trinajstić information content (AvgIpc) is 3.08. The van der Waals surface area contributed by atoms with Gasteiger partial charge in [-0.3, -0.25) is 4.79 Å². The number of methoxy groups -OCH3 is 1. The third-order valence-corrected chi connectivity index (χ3v) is 4.52. The quantitative estimate of drug-likeness (QED) is 0.734. The third kappa shape index (κ3) is 3.09. The largest absolute Gasteiger partial charge is 0.468 e. The van der Waals surface area contributed by atoms with Gasteiger partial charge in [0.15, 0.2) is 0 Å². The van der Waals surface area contributed by atoms with Crippen molar-refractivity contribution < 1.29 is 19.0 Å². The molecule has 0 aromatic rings. The van der Waals surface area contributed by atoms with Crippen molar-refractivity contribution in [2.75, 3.05) is 34.0 Å². The molecule has 5 nitrogen and oxygen atoms in total. The van der Waals surface area contributed by atoms with Crippen LogP contribution in [0, 0.1) is 5.92 Å². The fourth-order valence-electron chi connectivity index (χ4n) is 3.37. The van der Waals surface area contributed by atoms with Crippen LogP contribution >= 0.6 is 0 Å². The van der Waals surface area contributed by atoms with E-state index < -0.39 is 5.54 Å². The van der Waals surface area contributed by atoms with Crippen molar-refractivity contribution >= 4 is 5.97 Å². The van der Waals surface area contributed by atoms with Gasteiger partial charge < -0.3 is 19.5 Å². The zero-order valence-corrected chi connectivity index (χ0v) is 11.9. The fourth-order valence-corrected chi connectivity index (χ4v) is 3.37. The first kappa shape index (κ1) is 14.8. The van der Waals surface area contributed by atoms with E-state index in [1.807, 2.05) is 7.05 Å². The maximum absolute atomic E-state index is 12.1. The van der Waals surface area contributed by atoms with Crippen molar-refractivity contribution in [3.8, 4) is 0 Å². The molecule has 1 saturated carbocycles.